The fraction of sp³-hybridized carbons (Fsp3) is 0.533. The van der Waals surface area contributed by atoms with Gasteiger partial charge in [-0.05, 0) is 38.3 Å². The Hall–Kier alpha value is -1.26. The second-order valence-electron chi connectivity index (χ2n) is 5.51. The molecule has 0 saturated heterocycles. The Morgan fingerprint density at radius 1 is 1.45 bits per heavy atom. The maximum atomic E-state index is 6.35. The highest BCUT2D eigenvalue weighted by Crippen LogP contribution is 2.22. The number of aromatic nitrogens is 3. The Balaban J connectivity index is 1.70. The number of hydrogen-bond acceptors (Lipinski definition) is 2. The molecule has 0 aliphatic heterocycles. The minimum atomic E-state index is 0.747. The summed E-state index contributed by atoms with van der Waals surface area (Å²) in [5, 5.41) is 8.78. The topological polar surface area (TPSA) is 34.8 Å². The third-order valence-electron chi connectivity index (χ3n) is 3.77. The van der Waals surface area contributed by atoms with Gasteiger partial charge in [0.2, 0.25) is 0 Å². The van der Waals surface area contributed by atoms with Gasteiger partial charge in [-0.15, -0.1) is 0 Å². The van der Waals surface area contributed by atoms with Crippen LogP contribution in [0, 0.1) is 6.92 Å². The molecule has 20 heavy (non-hydrogen) atoms. The molecule has 1 fully saturated rings. The quantitative estimate of drug-likeness (QED) is 0.888. The average molecular weight is 293 g/mol. The van der Waals surface area contributed by atoms with Crippen LogP contribution in [-0.2, 0) is 19.6 Å². The van der Waals surface area contributed by atoms with Crippen molar-refractivity contribution in [2.75, 3.05) is 0 Å². The van der Waals surface area contributed by atoms with Crippen molar-refractivity contribution in [2.45, 2.75) is 52.4 Å². The highest BCUT2D eigenvalue weighted by molar-refractivity contribution is 6.31. The number of nitrogens with zero attached hydrogens (tertiary/aromatic N) is 3. The molecule has 1 N–H and O–H groups in total. The van der Waals surface area contributed by atoms with E-state index in [1.54, 1.807) is 0 Å². The molecule has 0 aromatic carbocycles. The molecule has 2 aromatic heterocycles. The summed E-state index contributed by atoms with van der Waals surface area (Å²) in [5.41, 5.74) is 3.32. The van der Waals surface area contributed by atoms with Crippen molar-refractivity contribution in [1.82, 2.24) is 19.7 Å². The van der Waals surface area contributed by atoms with Crippen molar-refractivity contribution in [3.8, 4) is 0 Å². The van der Waals surface area contributed by atoms with Crippen LogP contribution in [0.2, 0.25) is 5.02 Å². The van der Waals surface area contributed by atoms with E-state index in [9.17, 15) is 0 Å². The maximum absolute atomic E-state index is 6.35. The van der Waals surface area contributed by atoms with E-state index in [1.165, 1.54) is 18.4 Å². The van der Waals surface area contributed by atoms with Crippen LogP contribution in [0.15, 0.2) is 18.5 Å². The molecule has 1 aliphatic carbocycles. The van der Waals surface area contributed by atoms with Crippen LogP contribution in [0.25, 0.3) is 0 Å². The molecule has 1 saturated carbocycles. The van der Waals surface area contributed by atoms with Gasteiger partial charge in [0.25, 0.3) is 0 Å². The lowest BCUT2D eigenvalue weighted by atomic mass is 10.3. The Kier molecular flexibility index (Phi) is 3.85. The zero-order valence-electron chi connectivity index (χ0n) is 12.1. The maximum Gasteiger partial charge on any atom is 0.0865 e. The van der Waals surface area contributed by atoms with Gasteiger partial charge in [0, 0.05) is 31.5 Å². The molecule has 2 heterocycles. The molecule has 108 valence electrons. The predicted molar refractivity (Wildman–Crippen MR) is 81.0 cm³/mol. The van der Waals surface area contributed by atoms with Gasteiger partial charge in [-0.25, -0.2) is 0 Å². The van der Waals surface area contributed by atoms with E-state index in [1.807, 2.05) is 11.6 Å². The highest BCUT2D eigenvalue weighted by atomic mass is 35.5. The summed E-state index contributed by atoms with van der Waals surface area (Å²) < 4.78 is 4.16. The van der Waals surface area contributed by atoms with Gasteiger partial charge in [-0.2, -0.15) is 5.10 Å². The lowest BCUT2D eigenvalue weighted by Gasteiger charge is -2.06. The summed E-state index contributed by atoms with van der Waals surface area (Å²) in [4.78, 5) is 0. The Labute approximate surface area is 124 Å². The molecule has 2 aromatic rings. The van der Waals surface area contributed by atoms with Crippen LogP contribution < -0.4 is 5.32 Å². The number of hydrogen-bond donors (Lipinski definition) is 1. The Morgan fingerprint density at radius 3 is 2.95 bits per heavy atom. The molecule has 1 aliphatic rings. The van der Waals surface area contributed by atoms with Gasteiger partial charge in [0.05, 0.1) is 23.0 Å². The Bertz CT molecular complexity index is 595. The second-order valence-corrected chi connectivity index (χ2v) is 5.89. The van der Waals surface area contributed by atoms with Crippen molar-refractivity contribution in [3.63, 3.8) is 0 Å². The molecule has 0 spiro atoms. The first-order chi connectivity index (χ1) is 9.67. The van der Waals surface area contributed by atoms with E-state index in [0.29, 0.717) is 0 Å². The van der Waals surface area contributed by atoms with Crippen molar-refractivity contribution in [1.29, 1.82) is 0 Å². The number of nitrogens with one attached hydrogen (secondary N) is 1. The normalized spacial score (nSPS) is 14.9. The summed E-state index contributed by atoms with van der Waals surface area (Å²) in [6.45, 7) is 6.63. The number of halogens is 1. The van der Waals surface area contributed by atoms with Crippen LogP contribution >= 0.6 is 11.6 Å². The fourth-order valence-corrected chi connectivity index (χ4v) is 2.63. The van der Waals surface area contributed by atoms with Crippen molar-refractivity contribution < 1.29 is 0 Å². The van der Waals surface area contributed by atoms with Gasteiger partial charge in [-0.3, -0.25) is 4.68 Å². The average Bonchev–Trinajstić information content (AvgIpc) is 3.11. The largest absolute Gasteiger partial charge is 0.348 e. The summed E-state index contributed by atoms with van der Waals surface area (Å²) in [6.07, 6.45) is 6.95. The lowest BCUT2D eigenvalue weighted by molar-refractivity contribution is 0.597. The van der Waals surface area contributed by atoms with Crippen molar-refractivity contribution in [2.24, 2.45) is 0 Å². The molecule has 0 atom stereocenters. The summed E-state index contributed by atoms with van der Waals surface area (Å²) in [6, 6.07) is 2.92. The summed E-state index contributed by atoms with van der Waals surface area (Å²) >= 11 is 6.35. The van der Waals surface area contributed by atoms with Crippen molar-refractivity contribution >= 4 is 11.6 Å². The zero-order chi connectivity index (χ0) is 14.1. The van der Waals surface area contributed by atoms with Crippen LogP contribution in [0.5, 0.6) is 0 Å². The first kappa shape index (κ1) is 13.7. The lowest BCUT2D eigenvalue weighted by Crippen LogP contribution is -2.14. The van der Waals surface area contributed by atoms with Gasteiger partial charge in [0.15, 0.2) is 0 Å². The molecule has 0 amide bonds. The molecular formula is C15H21ClN4. The first-order valence-corrected chi connectivity index (χ1v) is 7.65. The van der Waals surface area contributed by atoms with Crippen molar-refractivity contribution in [3.05, 3.63) is 40.4 Å². The molecule has 3 rings (SSSR count). The molecule has 0 radical (unpaired) electrons. The molecule has 0 unspecified atom stereocenters. The minimum Gasteiger partial charge on any atom is -0.348 e. The summed E-state index contributed by atoms with van der Waals surface area (Å²) in [5.74, 6) is 0. The fourth-order valence-electron chi connectivity index (χ4n) is 2.44. The van der Waals surface area contributed by atoms with E-state index >= 15 is 0 Å². The Morgan fingerprint density at radius 2 is 2.25 bits per heavy atom. The van der Waals surface area contributed by atoms with E-state index in [2.05, 4.69) is 40.4 Å². The highest BCUT2D eigenvalue weighted by Gasteiger charge is 2.20. The second kappa shape index (κ2) is 5.62. The van der Waals surface area contributed by atoms with Gasteiger partial charge >= 0.3 is 0 Å². The van der Waals surface area contributed by atoms with Gasteiger partial charge in [-0.1, -0.05) is 11.6 Å². The third kappa shape index (κ3) is 2.91. The van der Waals surface area contributed by atoms with Crippen LogP contribution in [-0.4, -0.2) is 20.4 Å². The standard InChI is InChI=1S/C15H21ClN4/c1-3-20-14(15(16)11(2)18-20)10-19-7-6-12(9-19)8-17-13-4-5-13/h6-7,9,13,17H,3-5,8,10H2,1-2H3. The number of aryl methyl sites for hydroxylation is 2. The zero-order valence-corrected chi connectivity index (χ0v) is 12.8. The van der Waals surface area contributed by atoms with Crippen LogP contribution in [0.1, 0.15) is 36.7 Å². The smallest absolute Gasteiger partial charge is 0.0865 e. The van der Waals surface area contributed by atoms with E-state index in [0.717, 1.165) is 42.1 Å². The molecular weight excluding hydrogens is 272 g/mol. The van der Waals surface area contributed by atoms with Crippen LogP contribution in [0.4, 0.5) is 0 Å². The monoisotopic (exact) mass is 292 g/mol. The van der Waals surface area contributed by atoms with E-state index < -0.39 is 0 Å². The molecule has 5 heteroatoms. The molecule has 4 nitrogen and oxygen atoms in total. The minimum absolute atomic E-state index is 0.747. The third-order valence-corrected chi connectivity index (χ3v) is 4.26. The van der Waals surface area contributed by atoms with E-state index in [4.69, 9.17) is 11.6 Å². The SMILES string of the molecule is CCn1nc(C)c(Cl)c1Cn1ccc(CNC2CC2)c1. The van der Waals surface area contributed by atoms with Crippen LogP contribution in [0.3, 0.4) is 0 Å². The van der Waals surface area contributed by atoms with Gasteiger partial charge in [0.1, 0.15) is 0 Å². The number of rotatable bonds is 6. The molecule has 0 bridgehead atoms. The van der Waals surface area contributed by atoms with Gasteiger partial charge < -0.3 is 9.88 Å². The summed E-state index contributed by atoms with van der Waals surface area (Å²) in [7, 11) is 0. The predicted octanol–water partition coefficient (Wildman–Crippen LogP) is 2.97. The van der Waals surface area contributed by atoms with E-state index in [-0.39, 0.29) is 0 Å². The first-order valence-electron chi connectivity index (χ1n) is 7.27.